The van der Waals surface area contributed by atoms with Crippen molar-refractivity contribution in [2.45, 2.75) is 11.6 Å². The van der Waals surface area contributed by atoms with Crippen LogP contribution in [0.1, 0.15) is 6.42 Å². The average Bonchev–Trinajstić information content (AvgIpc) is 3.17. The van der Waals surface area contributed by atoms with Crippen LogP contribution in [0, 0.1) is 0 Å². The highest BCUT2D eigenvalue weighted by Crippen LogP contribution is 2.26. The topological polar surface area (TPSA) is 39.4 Å². The molecule has 0 atom stereocenters. The first-order valence-electron chi connectivity index (χ1n) is 9.36. The molecule has 5 rings (SSSR count). The van der Waals surface area contributed by atoms with Crippen molar-refractivity contribution >= 4 is 39.1 Å². The summed E-state index contributed by atoms with van der Waals surface area (Å²) in [6.45, 7) is 0.679. The van der Waals surface area contributed by atoms with E-state index >= 15 is 0 Å². The van der Waals surface area contributed by atoms with Crippen LogP contribution < -0.4 is 4.74 Å². The normalized spacial score (nSPS) is 11.4. The number of thioether (sulfide) groups is 1. The van der Waals surface area contributed by atoms with Gasteiger partial charge < -0.3 is 4.74 Å². The SMILES string of the molecule is c1ccc2c(OCCCSc3nnc4ccc5ccccc5n34)cccc2c1. The van der Waals surface area contributed by atoms with E-state index in [1.165, 1.54) is 10.8 Å². The fourth-order valence-corrected chi connectivity index (χ4v) is 4.30. The van der Waals surface area contributed by atoms with Gasteiger partial charge in [-0.25, -0.2) is 0 Å². The van der Waals surface area contributed by atoms with E-state index in [-0.39, 0.29) is 0 Å². The van der Waals surface area contributed by atoms with E-state index < -0.39 is 0 Å². The summed E-state index contributed by atoms with van der Waals surface area (Å²) < 4.78 is 8.17. The van der Waals surface area contributed by atoms with E-state index in [0.717, 1.165) is 39.6 Å². The van der Waals surface area contributed by atoms with Crippen LogP contribution in [0.5, 0.6) is 5.75 Å². The lowest BCUT2D eigenvalue weighted by atomic mass is 10.1. The lowest BCUT2D eigenvalue weighted by Gasteiger charge is -2.09. The Morgan fingerprint density at radius 1 is 0.786 bits per heavy atom. The van der Waals surface area contributed by atoms with Crippen LogP contribution >= 0.6 is 11.8 Å². The summed E-state index contributed by atoms with van der Waals surface area (Å²) >= 11 is 1.72. The van der Waals surface area contributed by atoms with Crippen molar-refractivity contribution in [1.82, 2.24) is 14.6 Å². The predicted octanol–water partition coefficient (Wildman–Crippen LogP) is 5.60. The highest BCUT2D eigenvalue weighted by atomic mass is 32.2. The maximum Gasteiger partial charge on any atom is 0.196 e. The molecule has 0 spiro atoms. The van der Waals surface area contributed by atoms with Gasteiger partial charge in [-0.2, -0.15) is 0 Å². The zero-order chi connectivity index (χ0) is 18.8. The molecule has 0 aliphatic carbocycles. The van der Waals surface area contributed by atoms with Crippen LogP contribution in [-0.2, 0) is 0 Å². The van der Waals surface area contributed by atoms with Crippen molar-refractivity contribution in [3.05, 3.63) is 78.9 Å². The summed E-state index contributed by atoms with van der Waals surface area (Å²) in [6.07, 6.45) is 0.938. The van der Waals surface area contributed by atoms with Crippen LogP contribution in [0.4, 0.5) is 0 Å². The molecule has 5 heteroatoms. The summed E-state index contributed by atoms with van der Waals surface area (Å²) in [5.41, 5.74) is 2.02. The van der Waals surface area contributed by atoms with Gasteiger partial charge in [-0.1, -0.05) is 66.4 Å². The van der Waals surface area contributed by atoms with Gasteiger partial charge in [0.2, 0.25) is 0 Å². The number of nitrogens with zero attached hydrogens (tertiary/aromatic N) is 3. The van der Waals surface area contributed by atoms with Crippen molar-refractivity contribution in [3.8, 4) is 5.75 Å². The van der Waals surface area contributed by atoms with Gasteiger partial charge in [0.1, 0.15) is 5.75 Å². The molecule has 0 saturated heterocycles. The van der Waals surface area contributed by atoms with E-state index in [1.54, 1.807) is 11.8 Å². The number of benzene rings is 3. The molecular weight excluding hydrogens is 366 g/mol. The molecular formula is C23H19N3OS. The van der Waals surface area contributed by atoms with E-state index in [2.05, 4.69) is 63.1 Å². The molecule has 0 unspecified atom stereocenters. The Morgan fingerprint density at radius 3 is 2.57 bits per heavy atom. The van der Waals surface area contributed by atoms with Gasteiger partial charge >= 0.3 is 0 Å². The van der Waals surface area contributed by atoms with Crippen LogP contribution in [0.2, 0.25) is 0 Å². The molecule has 28 heavy (non-hydrogen) atoms. The largest absolute Gasteiger partial charge is 0.493 e. The molecule has 0 radical (unpaired) electrons. The van der Waals surface area contributed by atoms with Crippen LogP contribution in [-0.4, -0.2) is 27.0 Å². The maximum absolute atomic E-state index is 6.04. The zero-order valence-corrected chi connectivity index (χ0v) is 16.1. The lowest BCUT2D eigenvalue weighted by Crippen LogP contribution is -2.00. The molecule has 0 bridgehead atoms. The Hall–Kier alpha value is -3.05. The monoisotopic (exact) mass is 385 g/mol. The standard InChI is InChI=1S/C23H19N3OS/c1-3-10-19-17(7-1)9-5-12-21(19)27-15-6-16-28-23-25-24-22-14-13-18-8-2-4-11-20(18)26(22)23/h1-5,7-14H,6,15-16H2. The van der Waals surface area contributed by atoms with Gasteiger partial charge in [0.15, 0.2) is 10.8 Å². The van der Waals surface area contributed by atoms with Gasteiger partial charge in [0.25, 0.3) is 0 Å². The molecule has 4 nitrogen and oxygen atoms in total. The molecule has 0 amide bonds. The van der Waals surface area contributed by atoms with E-state index in [1.807, 2.05) is 30.3 Å². The van der Waals surface area contributed by atoms with E-state index in [4.69, 9.17) is 4.74 Å². The van der Waals surface area contributed by atoms with E-state index in [0.29, 0.717) is 6.61 Å². The molecule has 0 N–H and O–H groups in total. The molecule has 2 aromatic heterocycles. The van der Waals surface area contributed by atoms with Crippen LogP contribution in [0.3, 0.4) is 0 Å². The number of pyridine rings is 1. The van der Waals surface area contributed by atoms with Crippen LogP contribution in [0.25, 0.3) is 27.3 Å². The molecule has 2 heterocycles. The van der Waals surface area contributed by atoms with Gasteiger partial charge in [-0.3, -0.25) is 4.40 Å². The molecule has 0 aliphatic heterocycles. The minimum absolute atomic E-state index is 0.679. The number of ether oxygens (including phenoxy) is 1. The minimum Gasteiger partial charge on any atom is -0.493 e. The maximum atomic E-state index is 6.04. The fraction of sp³-hybridized carbons (Fsp3) is 0.130. The number of aromatic nitrogens is 3. The molecule has 138 valence electrons. The smallest absolute Gasteiger partial charge is 0.196 e. The summed E-state index contributed by atoms with van der Waals surface area (Å²) in [5.74, 6) is 1.87. The molecule has 5 aromatic rings. The zero-order valence-electron chi connectivity index (χ0n) is 15.3. The van der Waals surface area contributed by atoms with Crippen molar-refractivity contribution in [2.75, 3.05) is 12.4 Å². The first kappa shape index (κ1) is 17.1. The van der Waals surface area contributed by atoms with Crippen LogP contribution in [0.15, 0.2) is 84.0 Å². The average molecular weight is 385 g/mol. The Bertz CT molecular complexity index is 1260. The lowest BCUT2D eigenvalue weighted by molar-refractivity contribution is 0.322. The van der Waals surface area contributed by atoms with E-state index in [9.17, 15) is 0 Å². The van der Waals surface area contributed by atoms with Crippen molar-refractivity contribution < 1.29 is 4.74 Å². The Morgan fingerprint density at radius 2 is 1.61 bits per heavy atom. The molecule has 3 aromatic carbocycles. The summed E-state index contributed by atoms with van der Waals surface area (Å²) in [7, 11) is 0. The third kappa shape index (κ3) is 3.18. The first-order valence-corrected chi connectivity index (χ1v) is 10.3. The summed E-state index contributed by atoms with van der Waals surface area (Å²) in [6, 6.07) is 26.9. The third-order valence-electron chi connectivity index (χ3n) is 4.78. The number of para-hydroxylation sites is 1. The second-order valence-corrected chi connectivity index (χ2v) is 7.66. The number of fused-ring (bicyclic) bond motifs is 4. The molecule has 0 saturated carbocycles. The van der Waals surface area contributed by atoms with Gasteiger partial charge in [0.05, 0.1) is 12.1 Å². The summed E-state index contributed by atoms with van der Waals surface area (Å²) in [4.78, 5) is 0. The van der Waals surface area contributed by atoms with Crippen molar-refractivity contribution in [2.24, 2.45) is 0 Å². The number of rotatable bonds is 6. The first-order chi connectivity index (χ1) is 13.9. The molecule has 0 aliphatic rings. The quantitative estimate of drug-likeness (QED) is 0.282. The predicted molar refractivity (Wildman–Crippen MR) is 115 cm³/mol. The van der Waals surface area contributed by atoms with Gasteiger partial charge in [0, 0.05) is 11.1 Å². The number of hydrogen-bond donors (Lipinski definition) is 0. The second kappa shape index (κ2) is 7.52. The van der Waals surface area contributed by atoms with Gasteiger partial charge in [-0.15, -0.1) is 10.2 Å². The third-order valence-corrected chi connectivity index (χ3v) is 5.79. The second-order valence-electron chi connectivity index (χ2n) is 6.60. The highest BCUT2D eigenvalue weighted by molar-refractivity contribution is 7.99. The molecule has 0 fully saturated rings. The Kier molecular flexibility index (Phi) is 4.59. The fourth-order valence-electron chi connectivity index (χ4n) is 3.43. The Balaban J connectivity index is 1.26. The minimum atomic E-state index is 0.679. The summed E-state index contributed by atoms with van der Waals surface area (Å²) in [5, 5.41) is 13.2. The highest BCUT2D eigenvalue weighted by Gasteiger charge is 2.09. The van der Waals surface area contributed by atoms with Crippen molar-refractivity contribution in [3.63, 3.8) is 0 Å². The van der Waals surface area contributed by atoms with Gasteiger partial charge in [-0.05, 0) is 41.5 Å². The number of hydrogen-bond acceptors (Lipinski definition) is 4. The Labute approximate surface area is 167 Å². The van der Waals surface area contributed by atoms with Crippen molar-refractivity contribution in [1.29, 1.82) is 0 Å².